The molecule has 18 heavy (non-hydrogen) atoms. The Hall–Kier alpha value is 0. The molecule has 1 fully saturated rings. The number of hydrogen-bond acceptors (Lipinski definition) is 0. The first-order valence-corrected chi connectivity index (χ1v) is 8.79. The maximum atomic E-state index is 2.46. The van der Waals surface area contributed by atoms with Crippen molar-refractivity contribution in [3.05, 3.63) is 0 Å². The van der Waals surface area contributed by atoms with Gasteiger partial charge in [0.1, 0.15) is 0 Å². The Morgan fingerprint density at radius 2 is 0.611 bits per heavy atom. The van der Waals surface area contributed by atoms with Crippen LogP contribution in [0, 0.1) is 11.8 Å². The molecular formula is C18H36. The lowest BCUT2D eigenvalue weighted by molar-refractivity contribution is 0.403. The molecule has 0 spiro atoms. The summed E-state index contributed by atoms with van der Waals surface area (Å²) >= 11 is 0. The second kappa shape index (κ2) is 10.9. The van der Waals surface area contributed by atoms with E-state index in [-0.39, 0.29) is 0 Å². The molecule has 0 amide bonds. The van der Waals surface area contributed by atoms with Gasteiger partial charge in [-0.15, -0.1) is 0 Å². The molecule has 2 unspecified atom stereocenters. The third-order valence-corrected chi connectivity index (χ3v) is 4.79. The third kappa shape index (κ3) is 9.00. The molecule has 1 aliphatic carbocycles. The predicted molar refractivity (Wildman–Crippen MR) is 83.0 cm³/mol. The SMILES string of the molecule is CC1CCCCCCCCC(C)CCCCCC1. The van der Waals surface area contributed by atoms with E-state index in [2.05, 4.69) is 13.8 Å². The van der Waals surface area contributed by atoms with Gasteiger partial charge in [0.25, 0.3) is 0 Å². The summed E-state index contributed by atoms with van der Waals surface area (Å²) in [6.45, 7) is 4.93. The van der Waals surface area contributed by atoms with Crippen LogP contribution in [-0.2, 0) is 0 Å². The van der Waals surface area contributed by atoms with Crippen LogP contribution >= 0.6 is 0 Å². The first-order chi connectivity index (χ1) is 8.79. The van der Waals surface area contributed by atoms with Crippen LogP contribution in [0.25, 0.3) is 0 Å². The van der Waals surface area contributed by atoms with Crippen molar-refractivity contribution in [1.82, 2.24) is 0 Å². The molecular weight excluding hydrogens is 216 g/mol. The van der Waals surface area contributed by atoms with Gasteiger partial charge in [0.2, 0.25) is 0 Å². The zero-order chi connectivity index (χ0) is 13.1. The van der Waals surface area contributed by atoms with Crippen LogP contribution in [0.2, 0.25) is 0 Å². The highest BCUT2D eigenvalue weighted by molar-refractivity contribution is 4.59. The molecule has 0 heteroatoms. The summed E-state index contributed by atoms with van der Waals surface area (Å²) in [4.78, 5) is 0. The van der Waals surface area contributed by atoms with Crippen molar-refractivity contribution in [3.63, 3.8) is 0 Å². The summed E-state index contributed by atoms with van der Waals surface area (Å²) in [6, 6.07) is 0. The van der Waals surface area contributed by atoms with E-state index in [9.17, 15) is 0 Å². The summed E-state index contributed by atoms with van der Waals surface area (Å²) in [7, 11) is 0. The van der Waals surface area contributed by atoms with Gasteiger partial charge in [-0.3, -0.25) is 0 Å². The van der Waals surface area contributed by atoms with Gasteiger partial charge >= 0.3 is 0 Å². The Balaban J connectivity index is 2.17. The van der Waals surface area contributed by atoms with Crippen LogP contribution in [0.15, 0.2) is 0 Å². The van der Waals surface area contributed by atoms with Crippen LogP contribution in [0.4, 0.5) is 0 Å². The minimum absolute atomic E-state index is 0.983. The van der Waals surface area contributed by atoms with Gasteiger partial charge < -0.3 is 0 Å². The fourth-order valence-corrected chi connectivity index (χ4v) is 3.32. The zero-order valence-corrected chi connectivity index (χ0v) is 13.1. The van der Waals surface area contributed by atoms with Crippen LogP contribution in [0.1, 0.15) is 104 Å². The Morgan fingerprint density at radius 3 is 0.889 bits per heavy atom. The summed E-state index contributed by atoms with van der Waals surface area (Å²) in [5.74, 6) is 1.97. The molecule has 0 aromatic rings. The van der Waals surface area contributed by atoms with Crippen molar-refractivity contribution >= 4 is 0 Å². The van der Waals surface area contributed by atoms with Gasteiger partial charge in [0.05, 0.1) is 0 Å². The summed E-state index contributed by atoms with van der Waals surface area (Å²) in [6.07, 6.45) is 20.8. The Morgan fingerprint density at radius 1 is 0.389 bits per heavy atom. The quantitative estimate of drug-likeness (QED) is 0.448. The van der Waals surface area contributed by atoms with E-state index < -0.39 is 0 Å². The number of rotatable bonds is 0. The molecule has 0 heterocycles. The second-order valence-corrected chi connectivity index (χ2v) is 6.90. The topological polar surface area (TPSA) is 0 Å². The Bertz CT molecular complexity index is 153. The molecule has 0 nitrogen and oxygen atoms in total. The van der Waals surface area contributed by atoms with E-state index in [4.69, 9.17) is 0 Å². The fraction of sp³-hybridized carbons (Fsp3) is 1.00. The smallest absolute Gasteiger partial charge is 0.0443 e. The average Bonchev–Trinajstić information content (AvgIpc) is 2.35. The minimum atomic E-state index is 0.983. The van der Waals surface area contributed by atoms with Crippen molar-refractivity contribution in [3.8, 4) is 0 Å². The molecule has 0 N–H and O–H groups in total. The third-order valence-electron chi connectivity index (χ3n) is 4.79. The summed E-state index contributed by atoms with van der Waals surface area (Å²) in [5, 5.41) is 0. The van der Waals surface area contributed by atoms with Crippen molar-refractivity contribution in [1.29, 1.82) is 0 Å². The zero-order valence-electron chi connectivity index (χ0n) is 13.1. The lowest BCUT2D eigenvalue weighted by Crippen LogP contribution is -1.98. The molecule has 2 atom stereocenters. The Kier molecular flexibility index (Phi) is 9.70. The molecule has 1 rings (SSSR count). The van der Waals surface area contributed by atoms with Crippen molar-refractivity contribution in [2.75, 3.05) is 0 Å². The Labute approximate surface area is 116 Å². The average molecular weight is 252 g/mol. The highest BCUT2D eigenvalue weighted by Crippen LogP contribution is 2.21. The standard InChI is InChI=1S/C18H36/c1-17-13-9-5-3-4-6-10-14-18(2)16-12-8-7-11-15-17/h17-18H,3-16H2,1-2H3. The predicted octanol–water partition coefficient (Wildman–Crippen LogP) is 6.73. The van der Waals surface area contributed by atoms with Crippen LogP contribution < -0.4 is 0 Å². The first-order valence-electron chi connectivity index (χ1n) is 8.79. The maximum absolute atomic E-state index is 2.46. The van der Waals surface area contributed by atoms with Crippen LogP contribution in [0.5, 0.6) is 0 Å². The molecule has 1 saturated carbocycles. The lowest BCUT2D eigenvalue weighted by atomic mass is 9.93. The molecule has 1 aliphatic rings. The lowest BCUT2D eigenvalue weighted by Gasteiger charge is -2.13. The van der Waals surface area contributed by atoms with E-state index in [0.717, 1.165) is 11.8 Å². The highest BCUT2D eigenvalue weighted by atomic mass is 14.1. The minimum Gasteiger partial charge on any atom is -0.0625 e. The number of hydrogen-bond donors (Lipinski definition) is 0. The van der Waals surface area contributed by atoms with Crippen molar-refractivity contribution < 1.29 is 0 Å². The first kappa shape index (κ1) is 16.1. The molecule has 0 saturated heterocycles. The largest absolute Gasteiger partial charge is 0.0625 e. The van der Waals surface area contributed by atoms with E-state index >= 15 is 0 Å². The fourth-order valence-electron chi connectivity index (χ4n) is 3.32. The molecule has 0 aromatic heterocycles. The van der Waals surface area contributed by atoms with E-state index in [1.54, 1.807) is 0 Å². The van der Waals surface area contributed by atoms with E-state index in [1.165, 1.54) is 89.9 Å². The van der Waals surface area contributed by atoms with Gasteiger partial charge in [0, 0.05) is 0 Å². The van der Waals surface area contributed by atoms with Gasteiger partial charge in [-0.1, -0.05) is 104 Å². The maximum Gasteiger partial charge on any atom is -0.0443 e. The molecule has 108 valence electrons. The summed E-state index contributed by atoms with van der Waals surface area (Å²) < 4.78 is 0. The summed E-state index contributed by atoms with van der Waals surface area (Å²) in [5.41, 5.74) is 0. The molecule has 0 aliphatic heterocycles. The van der Waals surface area contributed by atoms with Gasteiger partial charge in [-0.2, -0.15) is 0 Å². The van der Waals surface area contributed by atoms with Gasteiger partial charge in [0.15, 0.2) is 0 Å². The van der Waals surface area contributed by atoms with Gasteiger partial charge in [-0.25, -0.2) is 0 Å². The van der Waals surface area contributed by atoms with Crippen molar-refractivity contribution in [2.24, 2.45) is 11.8 Å². The van der Waals surface area contributed by atoms with E-state index in [1.807, 2.05) is 0 Å². The second-order valence-electron chi connectivity index (χ2n) is 6.90. The monoisotopic (exact) mass is 252 g/mol. The normalized spacial score (nSPS) is 31.0. The highest BCUT2D eigenvalue weighted by Gasteiger charge is 2.05. The van der Waals surface area contributed by atoms with Crippen LogP contribution in [-0.4, -0.2) is 0 Å². The molecule has 0 bridgehead atoms. The van der Waals surface area contributed by atoms with Crippen molar-refractivity contribution in [2.45, 2.75) is 104 Å². The molecule has 0 aromatic carbocycles. The van der Waals surface area contributed by atoms with E-state index in [0.29, 0.717) is 0 Å². The van der Waals surface area contributed by atoms with Gasteiger partial charge in [-0.05, 0) is 11.8 Å². The van der Waals surface area contributed by atoms with Crippen LogP contribution in [0.3, 0.4) is 0 Å². The molecule has 0 radical (unpaired) electrons.